The van der Waals surface area contributed by atoms with E-state index in [4.69, 9.17) is 5.73 Å². The van der Waals surface area contributed by atoms with Gasteiger partial charge in [-0.1, -0.05) is 13.3 Å². The van der Waals surface area contributed by atoms with Gasteiger partial charge in [0.2, 0.25) is 0 Å². The molecule has 1 aromatic rings. The fourth-order valence-corrected chi connectivity index (χ4v) is 2.33. The molecule has 0 atom stereocenters. The first-order chi connectivity index (χ1) is 9.06. The molecule has 0 amide bonds. The van der Waals surface area contributed by atoms with E-state index in [2.05, 4.69) is 5.32 Å². The van der Waals surface area contributed by atoms with Crippen molar-refractivity contribution in [2.24, 2.45) is 13.0 Å². The molecule has 1 aromatic heterocycles. The summed E-state index contributed by atoms with van der Waals surface area (Å²) in [6.45, 7) is 3.25. The van der Waals surface area contributed by atoms with Crippen molar-refractivity contribution in [3.8, 4) is 0 Å². The fourth-order valence-electron chi connectivity index (χ4n) is 2.33. The summed E-state index contributed by atoms with van der Waals surface area (Å²) >= 11 is 0. The zero-order chi connectivity index (χ0) is 14.0. The maximum atomic E-state index is 12.1. The summed E-state index contributed by atoms with van der Waals surface area (Å²) in [6.07, 6.45) is 4.45. The Labute approximate surface area is 112 Å². The van der Waals surface area contributed by atoms with Crippen molar-refractivity contribution in [1.29, 1.82) is 0 Å². The zero-order valence-electron chi connectivity index (χ0n) is 11.6. The van der Waals surface area contributed by atoms with Crippen molar-refractivity contribution in [1.82, 2.24) is 9.13 Å². The zero-order valence-corrected chi connectivity index (χ0v) is 11.6. The van der Waals surface area contributed by atoms with Gasteiger partial charge in [-0.15, -0.1) is 0 Å². The van der Waals surface area contributed by atoms with Gasteiger partial charge in [-0.2, -0.15) is 0 Å². The second kappa shape index (κ2) is 5.50. The van der Waals surface area contributed by atoms with Crippen molar-refractivity contribution >= 4 is 11.5 Å². The molecular formula is C13H22N4O2. The Bertz CT molecular complexity index is 569. The van der Waals surface area contributed by atoms with E-state index >= 15 is 0 Å². The second-order valence-electron chi connectivity index (χ2n) is 5.24. The third-order valence-corrected chi connectivity index (χ3v) is 3.82. The summed E-state index contributed by atoms with van der Waals surface area (Å²) in [5.41, 5.74) is 5.65. The monoisotopic (exact) mass is 266 g/mol. The molecule has 1 aliphatic rings. The molecule has 6 heteroatoms. The van der Waals surface area contributed by atoms with E-state index in [9.17, 15) is 9.59 Å². The largest absolute Gasteiger partial charge is 0.383 e. The SMILES string of the molecule is CCCn1c(N)c(NCC2CCC2)c(=O)n(C)c1=O. The minimum absolute atomic E-state index is 0.259. The Hall–Kier alpha value is -1.72. The van der Waals surface area contributed by atoms with Gasteiger partial charge in [0, 0.05) is 20.1 Å². The first-order valence-corrected chi connectivity index (χ1v) is 6.89. The van der Waals surface area contributed by atoms with Crippen LogP contribution in [0.1, 0.15) is 32.6 Å². The standard InChI is InChI=1S/C13H22N4O2/c1-3-7-17-11(14)10(12(18)16(2)13(17)19)15-8-9-5-4-6-9/h9,15H,3-8,14H2,1-2H3. The minimum atomic E-state index is -0.349. The number of hydrogen-bond donors (Lipinski definition) is 2. The topological polar surface area (TPSA) is 82.0 Å². The highest BCUT2D eigenvalue weighted by atomic mass is 16.2. The van der Waals surface area contributed by atoms with E-state index in [-0.39, 0.29) is 17.1 Å². The predicted octanol–water partition coefficient (Wildman–Crippen LogP) is 0.751. The van der Waals surface area contributed by atoms with Crippen LogP contribution >= 0.6 is 0 Å². The number of nitrogens with zero attached hydrogens (tertiary/aromatic N) is 2. The van der Waals surface area contributed by atoms with Gasteiger partial charge in [0.05, 0.1) is 0 Å². The maximum Gasteiger partial charge on any atom is 0.332 e. The van der Waals surface area contributed by atoms with Crippen molar-refractivity contribution in [3.63, 3.8) is 0 Å². The van der Waals surface area contributed by atoms with E-state index in [0.717, 1.165) is 17.5 Å². The highest BCUT2D eigenvalue weighted by Gasteiger charge is 2.20. The van der Waals surface area contributed by atoms with Gasteiger partial charge < -0.3 is 11.1 Å². The van der Waals surface area contributed by atoms with Gasteiger partial charge in [-0.25, -0.2) is 4.79 Å². The molecule has 6 nitrogen and oxygen atoms in total. The Balaban J connectivity index is 2.35. The predicted molar refractivity (Wildman–Crippen MR) is 76.5 cm³/mol. The summed E-state index contributed by atoms with van der Waals surface area (Å²) in [7, 11) is 1.49. The lowest BCUT2D eigenvalue weighted by molar-refractivity contribution is 0.333. The van der Waals surface area contributed by atoms with Crippen molar-refractivity contribution < 1.29 is 0 Å². The van der Waals surface area contributed by atoms with Gasteiger partial charge in [-0.3, -0.25) is 13.9 Å². The summed E-state index contributed by atoms with van der Waals surface area (Å²) < 4.78 is 2.58. The third kappa shape index (κ3) is 2.52. The summed E-state index contributed by atoms with van der Waals surface area (Å²) in [5.74, 6) is 0.880. The number of anilines is 2. The molecular weight excluding hydrogens is 244 g/mol. The molecule has 0 unspecified atom stereocenters. The van der Waals surface area contributed by atoms with Gasteiger partial charge in [0.15, 0.2) is 0 Å². The normalized spacial score (nSPS) is 15.3. The number of nitrogen functional groups attached to an aromatic ring is 1. The van der Waals surface area contributed by atoms with Crippen molar-refractivity contribution in [2.45, 2.75) is 39.2 Å². The lowest BCUT2D eigenvalue weighted by atomic mass is 9.85. The molecule has 0 saturated heterocycles. The lowest BCUT2D eigenvalue weighted by Gasteiger charge is -2.26. The third-order valence-electron chi connectivity index (χ3n) is 3.82. The Morgan fingerprint density at radius 3 is 2.58 bits per heavy atom. The van der Waals surface area contributed by atoms with Crippen LogP contribution in [0.25, 0.3) is 0 Å². The van der Waals surface area contributed by atoms with Gasteiger partial charge in [0.25, 0.3) is 5.56 Å². The Morgan fingerprint density at radius 2 is 2.05 bits per heavy atom. The fraction of sp³-hybridized carbons (Fsp3) is 0.692. The number of aromatic nitrogens is 2. The van der Waals surface area contributed by atoms with Crippen LogP contribution < -0.4 is 22.3 Å². The molecule has 2 rings (SSSR count). The molecule has 1 heterocycles. The quantitative estimate of drug-likeness (QED) is 0.824. The average Bonchev–Trinajstić information content (AvgIpc) is 2.34. The van der Waals surface area contributed by atoms with E-state index < -0.39 is 0 Å². The van der Waals surface area contributed by atoms with Crippen LogP contribution in [0.2, 0.25) is 0 Å². The lowest BCUT2D eigenvalue weighted by Crippen LogP contribution is -2.41. The minimum Gasteiger partial charge on any atom is -0.383 e. The summed E-state index contributed by atoms with van der Waals surface area (Å²) in [5, 5.41) is 3.13. The number of nitrogens with one attached hydrogen (secondary N) is 1. The number of rotatable bonds is 5. The molecule has 0 aliphatic heterocycles. The molecule has 1 fully saturated rings. The summed E-state index contributed by atoms with van der Waals surface area (Å²) in [6, 6.07) is 0. The molecule has 106 valence electrons. The van der Waals surface area contributed by atoms with Crippen LogP contribution in [0, 0.1) is 5.92 Å². The van der Waals surface area contributed by atoms with Gasteiger partial charge in [-0.05, 0) is 25.2 Å². The van der Waals surface area contributed by atoms with Gasteiger partial charge in [0.1, 0.15) is 11.5 Å². The van der Waals surface area contributed by atoms with Crippen LogP contribution in [-0.2, 0) is 13.6 Å². The molecule has 0 spiro atoms. The van der Waals surface area contributed by atoms with Gasteiger partial charge >= 0.3 is 5.69 Å². The second-order valence-corrected chi connectivity index (χ2v) is 5.24. The van der Waals surface area contributed by atoms with E-state index in [0.29, 0.717) is 18.2 Å². The average molecular weight is 266 g/mol. The molecule has 0 radical (unpaired) electrons. The van der Waals surface area contributed by atoms with E-state index in [1.807, 2.05) is 6.92 Å². The molecule has 1 aliphatic carbocycles. The molecule has 19 heavy (non-hydrogen) atoms. The van der Waals surface area contributed by atoms with Crippen LogP contribution in [0.3, 0.4) is 0 Å². The van der Waals surface area contributed by atoms with E-state index in [1.165, 1.54) is 30.9 Å². The van der Waals surface area contributed by atoms with Crippen LogP contribution in [0.5, 0.6) is 0 Å². The highest BCUT2D eigenvalue weighted by Crippen LogP contribution is 2.26. The molecule has 0 bridgehead atoms. The number of hydrogen-bond acceptors (Lipinski definition) is 4. The van der Waals surface area contributed by atoms with Crippen molar-refractivity contribution in [2.75, 3.05) is 17.6 Å². The first-order valence-electron chi connectivity index (χ1n) is 6.89. The smallest absolute Gasteiger partial charge is 0.332 e. The van der Waals surface area contributed by atoms with Crippen molar-refractivity contribution in [3.05, 3.63) is 20.8 Å². The first kappa shape index (κ1) is 13.7. The van der Waals surface area contributed by atoms with Crippen LogP contribution in [-0.4, -0.2) is 15.7 Å². The molecule has 3 N–H and O–H groups in total. The summed E-state index contributed by atoms with van der Waals surface area (Å²) in [4.78, 5) is 24.1. The van der Waals surface area contributed by atoms with E-state index in [1.54, 1.807) is 0 Å². The molecule has 1 saturated carbocycles. The van der Waals surface area contributed by atoms with Crippen LogP contribution in [0.4, 0.5) is 11.5 Å². The Morgan fingerprint density at radius 1 is 1.37 bits per heavy atom. The van der Waals surface area contributed by atoms with Crippen LogP contribution in [0.15, 0.2) is 9.59 Å². The molecule has 0 aromatic carbocycles. The Kier molecular flexibility index (Phi) is 3.97. The highest BCUT2D eigenvalue weighted by molar-refractivity contribution is 5.60. The number of nitrogens with two attached hydrogens (primary N) is 1. The maximum absolute atomic E-state index is 12.1.